The first-order chi connectivity index (χ1) is 9.44. The van der Waals surface area contributed by atoms with Crippen LogP contribution in [0.5, 0.6) is 0 Å². The highest BCUT2D eigenvalue weighted by atomic mass is 19.1. The van der Waals surface area contributed by atoms with Gasteiger partial charge in [-0.2, -0.15) is 14.4 Å². The van der Waals surface area contributed by atoms with Crippen molar-refractivity contribution in [2.75, 3.05) is 5.73 Å². The normalized spacial score (nSPS) is 29.7. The Balaban J connectivity index is 2.07. The molecular formula is C12H12FN5O2. The van der Waals surface area contributed by atoms with Crippen molar-refractivity contribution in [3.8, 4) is 12.3 Å². The maximum absolute atomic E-state index is 13.3. The Morgan fingerprint density at radius 3 is 3.05 bits per heavy atom. The molecule has 2 aromatic heterocycles. The molecule has 1 aliphatic heterocycles. The lowest BCUT2D eigenvalue weighted by Gasteiger charge is -2.21. The molecule has 3 rings (SSSR count). The largest absolute Gasteiger partial charge is 0.389 e. The average molecular weight is 277 g/mol. The van der Waals surface area contributed by atoms with Crippen molar-refractivity contribution in [3.63, 3.8) is 0 Å². The van der Waals surface area contributed by atoms with E-state index in [1.165, 1.54) is 10.9 Å². The third-order valence-corrected chi connectivity index (χ3v) is 3.46. The van der Waals surface area contributed by atoms with Gasteiger partial charge < -0.3 is 15.6 Å². The zero-order valence-corrected chi connectivity index (χ0v) is 10.6. The number of terminal acetylenes is 1. The molecule has 1 saturated heterocycles. The number of aliphatic hydroxyl groups excluding tert-OH is 1. The maximum Gasteiger partial charge on any atom is 0.312 e. The standard InChI is InChI=1S/C12H12FN5O2/c1-3-12(2)6(19)4-7(20-12)18-5-15-8-9(14)16-11(13)17-10(8)18/h1,5-7,19H,4H2,2H3,(H2,14,16,17)/t6-,7+,12-/m0/s1. The third kappa shape index (κ3) is 1.71. The Bertz CT molecular complexity index is 724. The van der Waals surface area contributed by atoms with Crippen molar-refractivity contribution < 1.29 is 14.2 Å². The molecule has 3 atom stereocenters. The molecule has 2 aromatic rings. The zero-order valence-electron chi connectivity index (χ0n) is 10.6. The minimum Gasteiger partial charge on any atom is -0.389 e. The highest BCUT2D eigenvalue weighted by Crippen LogP contribution is 2.37. The summed E-state index contributed by atoms with van der Waals surface area (Å²) in [5.74, 6) is 2.36. The van der Waals surface area contributed by atoms with Gasteiger partial charge in [0.05, 0.1) is 12.4 Å². The summed E-state index contributed by atoms with van der Waals surface area (Å²) in [6, 6.07) is 0. The smallest absolute Gasteiger partial charge is 0.312 e. The van der Waals surface area contributed by atoms with Gasteiger partial charge >= 0.3 is 6.08 Å². The van der Waals surface area contributed by atoms with Crippen molar-refractivity contribution in [2.45, 2.75) is 31.3 Å². The number of hydrogen-bond donors (Lipinski definition) is 2. The molecule has 7 nitrogen and oxygen atoms in total. The van der Waals surface area contributed by atoms with E-state index in [0.717, 1.165) is 0 Å². The number of halogens is 1. The van der Waals surface area contributed by atoms with E-state index in [1.54, 1.807) is 6.92 Å². The molecule has 8 heteroatoms. The first kappa shape index (κ1) is 12.8. The molecule has 0 aliphatic carbocycles. The SMILES string of the molecule is C#C[C@]1(C)O[C@@H](n2cnc3c(N)nc(F)nc32)C[C@@H]1O. The lowest BCUT2D eigenvalue weighted by molar-refractivity contribution is -0.0513. The minimum absolute atomic E-state index is 0.0514. The molecule has 20 heavy (non-hydrogen) atoms. The number of rotatable bonds is 1. The van der Waals surface area contributed by atoms with Gasteiger partial charge in [-0.25, -0.2) is 4.98 Å². The van der Waals surface area contributed by atoms with Crippen LogP contribution in [0.1, 0.15) is 19.6 Å². The Kier molecular flexibility index (Phi) is 2.64. The van der Waals surface area contributed by atoms with E-state index >= 15 is 0 Å². The number of nitrogens with two attached hydrogens (primary N) is 1. The highest BCUT2D eigenvalue weighted by molar-refractivity contribution is 5.81. The number of anilines is 1. The highest BCUT2D eigenvalue weighted by Gasteiger charge is 2.44. The predicted molar refractivity (Wildman–Crippen MR) is 67.7 cm³/mol. The van der Waals surface area contributed by atoms with Gasteiger partial charge in [0.1, 0.15) is 6.23 Å². The van der Waals surface area contributed by atoms with Gasteiger partial charge in [0.15, 0.2) is 22.6 Å². The van der Waals surface area contributed by atoms with E-state index in [-0.39, 0.29) is 23.4 Å². The van der Waals surface area contributed by atoms with Crippen LogP contribution in [0.25, 0.3) is 11.2 Å². The summed E-state index contributed by atoms with van der Waals surface area (Å²) in [4.78, 5) is 11.1. The summed E-state index contributed by atoms with van der Waals surface area (Å²) in [6.45, 7) is 1.61. The number of aromatic nitrogens is 4. The molecule has 0 aromatic carbocycles. The van der Waals surface area contributed by atoms with Crippen LogP contribution in [-0.4, -0.2) is 36.3 Å². The molecule has 0 amide bonds. The summed E-state index contributed by atoms with van der Waals surface area (Å²) in [5.41, 5.74) is 4.97. The molecule has 0 bridgehead atoms. The first-order valence-corrected chi connectivity index (χ1v) is 5.94. The minimum atomic E-state index is -1.10. The van der Waals surface area contributed by atoms with Gasteiger partial charge in [-0.15, -0.1) is 6.42 Å². The molecule has 1 aliphatic rings. The van der Waals surface area contributed by atoms with Gasteiger partial charge in [0, 0.05) is 6.42 Å². The summed E-state index contributed by atoms with van der Waals surface area (Å²) in [5, 5.41) is 9.97. The van der Waals surface area contributed by atoms with Crippen molar-refractivity contribution in [2.24, 2.45) is 0 Å². The lowest BCUT2D eigenvalue weighted by atomic mass is 10.0. The van der Waals surface area contributed by atoms with E-state index < -0.39 is 24.0 Å². The van der Waals surface area contributed by atoms with Crippen LogP contribution < -0.4 is 5.73 Å². The third-order valence-electron chi connectivity index (χ3n) is 3.46. The van der Waals surface area contributed by atoms with Crippen LogP contribution in [0, 0.1) is 18.4 Å². The second-order valence-electron chi connectivity index (χ2n) is 4.78. The second-order valence-corrected chi connectivity index (χ2v) is 4.78. The van der Waals surface area contributed by atoms with E-state index in [9.17, 15) is 9.50 Å². The van der Waals surface area contributed by atoms with Gasteiger partial charge in [0.25, 0.3) is 0 Å². The Morgan fingerprint density at radius 1 is 1.65 bits per heavy atom. The van der Waals surface area contributed by atoms with Crippen molar-refractivity contribution >= 4 is 17.0 Å². The molecule has 1 fully saturated rings. The number of imidazole rings is 1. The Morgan fingerprint density at radius 2 is 2.40 bits per heavy atom. The molecule has 3 heterocycles. The second kappa shape index (κ2) is 4.13. The lowest BCUT2D eigenvalue weighted by Crippen LogP contribution is -2.33. The number of nitrogens with zero attached hydrogens (tertiary/aromatic N) is 4. The van der Waals surface area contributed by atoms with Crippen LogP contribution in [0.15, 0.2) is 6.33 Å². The van der Waals surface area contributed by atoms with Crippen molar-refractivity contribution in [1.82, 2.24) is 19.5 Å². The van der Waals surface area contributed by atoms with Crippen LogP contribution in [0.3, 0.4) is 0 Å². The van der Waals surface area contributed by atoms with E-state index in [4.69, 9.17) is 16.9 Å². The summed E-state index contributed by atoms with van der Waals surface area (Å²) in [6.07, 6.45) is 4.65. The number of nitrogen functional groups attached to an aromatic ring is 1. The van der Waals surface area contributed by atoms with Crippen LogP contribution in [0.4, 0.5) is 10.2 Å². The fourth-order valence-corrected chi connectivity index (χ4v) is 2.25. The fourth-order valence-electron chi connectivity index (χ4n) is 2.25. The van der Waals surface area contributed by atoms with E-state index in [2.05, 4.69) is 20.9 Å². The van der Waals surface area contributed by atoms with Gasteiger partial charge in [0.2, 0.25) is 0 Å². The Labute approximate surface area is 113 Å². The number of aliphatic hydroxyl groups is 1. The van der Waals surface area contributed by atoms with Crippen LogP contribution >= 0.6 is 0 Å². The summed E-state index contributed by atoms with van der Waals surface area (Å²) >= 11 is 0. The predicted octanol–water partition coefficient (Wildman–Crippen LogP) is 0.219. The van der Waals surface area contributed by atoms with E-state index in [1.807, 2.05) is 0 Å². The number of ether oxygens (including phenoxy) is 1. The molecular weight excluding hydrogens is 265 g/mol. The number of fused-ring (bicyclic) bond motifs is 1. The van der Waals surface area contributed by atoms with Gasteiger partial charge in [-0.3, -0.25) is 4.57 Å². The molecule has 0 saturated carbocycles. The number of hydrogen-bond acceptors (Lipinski definition) is 6. The van der Waals surface area contributed by atoms with Crippen LogP contribution in [0.2, 0.25) is 0 Å². The van der Waals surface area contributed by atoms with Crippen LogP contribution in [-0.2, 0) is 4.74 Å². The molecule has 0 radical (unpaired) electrons. The van der Waals surface area contributed by atoms with Gasteiger partial charge in [-0.05, 0) is 6.92 Å². The molecule has 104 valence electrons. The van der Waals surface area contributed by atoms with Gasteiger partial charge in [-0.1, -0.05) is 5.92 Å². The molecule has 0 unspecified atom stereocenters. The monoisotopic (exact) mass is 277 g/mol. The fraction of sp³-hybridized carbons (Fsp3) is 0.417. The summed E-state index contributed by atoms with van der Waals surface area (Å²) < 4.78 is 20.4. The topological polar surface area (TPSA) is 99.1 Å². The quantitative estimate of drug-likeness (QED) is 0.571. The average Bonchev–Trinajstić information content (AvgIpc) is 2.92. The van der Waals surface area contributed by atoms with Crippen molar-refractivity contribution in [1.29, 1.82) is 0 Å². The maximum atomic E-state index is 13.3. The molecule has 0 spiro atoms. The van der Waals surface area contributed by atoms with E-state index in [0.29, 0.717) is 0 Å². The van der Waals surface area contributed by atoms with Crippen molar-refractivity contribution in [3.05, 3.63) is 12.4 Å². The zero-order chi connectivity index (χ0) is 14.5. The Hall–Kier alpha value is -2.24. The molecule has 3 N–H and O–H groups in total. The first-order valence-electron chi connectivity index (χ1n) is 5.94. The summed E-state index contributed by atoms with van der Waals surface area (Å²) in [7, 11) is 0.